The maximum absolute atomic E-state index is 12.7. The molecule has 136 valence electrons. The minimum absolute atomic E-state index is 0.0817. The summed E-state index contributed by atoms with van der Waals surface area (Å²) in [5.74, 6) is -0.644. The molecule has 0 fully saturated rings. The highest BCUT2D eigenvalue weighted by molar-refractivity contribution is 5.92. The quantitative estimate of drug-likeness (QED) is 0.812. The number of para-hydroxylation sites is 1. The van der Waals surface area contributed by atoms with E-state index in [1.54, 1.807) is 44.2 Å². The smallest absolute Gasteiger partial charge is 0.340 e. The number of nitrogens with one attached hydrogen (secondary N) is 1. The predicted molar refractivity (Wildman–Crippen MR) is 95.1 cm³/mol. The van der Waals surface area contributed by atoms with E-state index in [4.69, 9.17) is 19.9 Å². The van der Waals surface area contributed by atoms with Gasteiger partial charge < -0.3 is 24.9 Å². The largest absolute Gasteiger partial charge is 0.496 e. The van der Waals surface area contributed by atoms with Crippen LogP contribution in [0.3, 0.4) is 0 Å². The second kappa shape index (κ2) is 6.95. The fourth-order valence-corrected chi connectivity index (χ4v) is 3.13. The lowest BCUT2D eigenvalue weighted by atomic mass is 9.83. The molecule has 7 nitrogen and oxygen atoms in total. The van der Waals surface area contributed by atoms with Crippen LogP contribution < -0.4 is 20.8 Å². The van der Waals surface area contributed by atoms with Crippen molar-refractivity contribution < 1.29 is 19.0 Å². The zero-order chi connectivity index (χ0) is 18.8. The van der Waals surface area contributed by atoms with Gasteiger partial charge in [-0.3, -0.25) is 4.79 Å². The van der Waals surface area contributed by atoms with Gasteiger partial charge in [0, 0.05) is 17.3 Å². The minimum atomic E-state index is -0.765. The van der Waals surface area contributed by atoms with Crippen molar-refractivity contribution in [2.45, 2.75) is 19.8 Å². The number of rotatable bonds is 4. The van der Waals surface area contributed by atoms with Crippen LogP contribution in [0.1, 0.15) is 29.7 Å². The third-order valence-electron chi connectivity index (χ3n) is 4.18. The average molecular weight is 356 g/mol. The number of hydrogen-bond donors (Lipinski definition) is 2. The fraction of sp³-hybridized carbons (Fsp3) is 0.263. The van der Waals surface area contributed by atoms with Crippen LogP contribution >= 0.6 is 0 Å². The van der Waals surface area contributed by atoms with Crippen molar-refractivity contribution in [2.24, 2.45) is 5.73 Å². The van der Waals surface area contributed by atoms with E-state index in [9.17, 15) is 9.59 Å². The third-order valence-corrected chi connectivity index (χ3v) is 4.18. The molecule has 0 bridgehead atoms. The Morgan fingerprint density at radius 1 is 1.35 bits per heavy atom. The molecule has 1 aliphatic rings. The minimum Gasteiger partial charge on any atom is -0.496 e. The lowest BCUT2D eigenvalue weighted by Crippen LogP contribution is -2.32. The number of H-pyrrole nitrogens is 1. The number of fused-ring (bicyclic) bond motifs is 1. The maximum Gasteiger partial charge on any atom is 0.340 e. The number of hydrogen-bond acceptors (Lipinski definition) is 6. The Morgan fingerprint density at radius 2 is 2.08 bits per heavy atom. The number of esters is 1. The second-order valence-corrected chi connectivity index (χ2v) is 5.83. The number of nitrogens with two attached hydrogens (primary N) is 1. The number of aromatic nitrogens is 1. The molecule has 0 aliphatic carbocycles. The Hall–Kier alpha value is -3.22. The van der Waals surface area contributed by atoms with Crippen LogP contribution in [0.25, 0.3) is 0 Å². The summed E-state index contributed by atoms with van der Waals surface area (Å²) in [5, 5.41) is 0. The number of carbonyl (C=O) groups is 1. The Morgan fingerprint density at radius 3 is 2.77 bits per heavy atom. The predicted octanol–water partition coefficient (Wildman–Crippen LogP) is 1.95. The first-order valence-corrected chi connectivity index (χ1v) is 8.19. The van der Waals surface area contributed by atoms with Crippen molar-refractivity contribution in [1.82, 2.24) is 4.98 Å². The monoisotopic (exact) mass is 356 g/mol. The highest BCUT2D eigenvalue weighted by Crippen LogP contribution is 2.43. The lowest BCUT2D eigenvalue weighted by Gasteiger charge is -2.28. The topological polar surface area (TPSA) is 104 Å². The van der Waals surface area contributed by atoms with Gasteiger partial charge >= 0.3 is 5.97 Å². The number of ether oxygens (including phenoxy) is 3. The molecule has 2 heterocycles. The van der Waals surface area contributed by atoms with E-state index in [1.807, 2.05) is 0 Å². The average Bonchev–Trinajstić information content (AvgIpc) is 2.60. The van der Waals surface area contributed by atoms with Gasteiger partial charge in [-0.05, 0) is 19.9 Å². The Balaban J connectivity index is 2.31. The normalized spacial score (nSPS) is 15.9. The van der Waals surface area contributed by atoms with E-state index in [1.165, 1.54) is 7.11 Å². The van der Waals surface area contributed by atoms with E-state index >= 15 is 0 Å². The highest BCUT2D eigenvalue weighted by Gasteiger charge is 2.38. The molecule has 3 rings (SSSR count). The molecule has 3 N–H and O–H groups in total. The van der Waals surface area contributed by atoms with Crippen LogP contribution in [0.2, 0.25) is 0 Å². The van der Waals surface area contributed by atoms with Gasteiger partial charge in [0.25, 0.3) is 5.56 Å². The number of aromatic amines is 1. The maximum atomic E-state index is 12.7. The standard InChI is InChI=1S/C19H20N2O5/c1-4-25-19(23)16-14(11-7-5-6-8-12(11)24-3)15-13(26-17(16)20)9-10(2)21-18(15)22/h5-9,14H,4,20H2,1-3H3,(H,21,22). The summed E-state index contributed by atoms with van der Waals surface area (Å²) in [4.78, 5) is 28.0. The zero-order valence-corrected chi connectivity index (χ0v) is 14.8. The highest BCUT2D eigenvalue weighted by atomic mass is 16.5. The third kappa shape index (κ3) is 2.92. The Bertz CT molecular complexity index is 945. The molecule has 26 heavy (non-hydrogen) atoms. The molecule has 7 heteroatoms. The van der Waals surface area contributed by atoms with Gasteiger partial charge in [-0.15, -0.1) is 0 Å². The van der Waals surface area contributed by atoms with E-state index < -0.39 is 11.9 Å². The van der Waals surface area contributed by atoms with Gasteiger partial charge in [-0.1, -0.05) is 18.2 Å². The van der Waals surface area contributed by atoms with Crippen molar-refractivity contribution in [3.63, 3.8) is 0 Å². The van der Waals surface area contributed by atoms with Crippen LogP contribution in [0, 0.1) is 6.92 Å². The van der Waals surface area contributed by atoms with E-state index in [0.29, 0.717) is 22.8 Å². The molecule has 0 saturated carbocycles. The molecule has 1 aromatic carbocycles. The first-order chi connectivity index (χ1) is 12.5. The van der Waals surface area contributed by atoms with E-state index in [-0.39, 0.29) is 29.2 Å². The van der Waals surface area contributed by atoms with Crippen molar-refractivity contribution in [3.05, 3.63) is 69.0 Å². The molecule has 1 unspecified atom stereocenters. The molecule has 0 saturated heterocycles. The van der Waals surface area contributed by atoms with Gasteiger partial charge in [-0.25, -0.2) is 4.79 Å². The molecule has 1 atom stereocenters. The summed E-state index contributed by atoms with van der Waals surface area (Å²) < 4.78 is 16.2. The number of pyridine rings is 1. The summed E-state index contributed by atoms with van der Waals surface area (Å²) in [5.41, 5.74) is 7.31. The Labute approximate surface area is 150 Å². The number of carbonyl (C=O) groups excluding carboxylic acids is 1. The summed E-state index contributed by atoms with van der Waals surface area (Å²) in [7, 11) is 1.52. The molecular formula is C19H20N2O5. The molecule has 1 aromatic heterocycles. The van der Waals surface area contributed by atoms with Crippen molar-refractivity contribution >= 4 is 5.97 Å². The van der Waals surface area contributed by atoms with Crippen LogP contribution in [0.15, 0.2) is 46.6 Å². The molecule has 0 spiro atoms. The van der Waals surface area contributed by atoms with Crippen molar-refractivity contribution in [1.29, 1.82) is 0 Å². The van der Waals surface area contributed by atoms with E-state index in [2.05, 4.69) is 4.98 Å². The summed E-state index contributed by atoms with van der Waals surface area (Å²) in [6.07, 6.45) is 0. The molecule has 0 amide bonds. The van der Waals surface area contributed by atoms with Crippen LogP contribution in [-0.4, -0.2) is 24.7 Å². The SMILES string of the molecule is CCOC(=O)C1=C(N)Oc2cc(C)[nH]c(=O)c2C1c1ccccc1OC. The lowest BCUT2D eigenvalue weighted by molar-refractivity contribution is -0.139. The van der Waals surface area contributed by atoms with Gasteiger partial charge in [0.15, 0.2) is 0 Å². The number of benzene rings is 1. The molecular weight excluding hydrogens is 336 g/mol. The van der Waals surface area contributed by atoms with Crippen LogP contribution in [-0.2, 0) is 9.53 Å². The Kier molecular flexibility index (Phi) is 4.71. The van der Waals surface area contributed by atoms with Gasteiger partial charge in [0.05, 0.1) is 25.2 Å². The second-order valence-electron chi connectivity index (χ2n) is 5.83. The number of aryl methyl sites for hydroxylation is 1. The fourth-order valence-electron chi connectivity index (χ4n) is 3.13. The summed E-state index contributed by atoms with van der Waals surface area (Å²) >= 11 is 0. The van der Waals surface area contributed by atoms with Crippen LogP contribution in [0.5, 0.6) is 11.5 Å². The molecule has 2 aromatic rings. The first-order valence-electron chi connectivity index (χ1n) is 8.19. The van der Waals surface area contributed by atoms with Gasteiger partial charge in [0.1, 0.15) is 17.1 Å². The van der Waals surface area contributed by atoms with Gasteiger partial charge in [0.2, 0.25) is 5.88 Å². The zero-order valence-electron chi connectivity index (χ0n) is 14.8. The summed E-state index contributed by atoms with van der Waals surface area (Å²) in [6, 6.07) is 8.82. The van der Waals surface area contributed by atoms with Crippen molar-refractivity contribution in [3.8, 4) is 11.5 Å². The van der Waals surface area contributed by atoms with E-state index in [0.717, 1.165) is 0 Å². The van der Waals surface area contributed by atoms with Crippen molar-refractivity contribution in [2.75, 3.05) is 13.7 Å². The number of methoxy groups -OCH3 is 1. The van der Waals surface area contributed by atoms with Crippen LogP contribution in [0.4, 0.5) is 0 Å². The van der Waals surface area contributed by atoms with Gasteiger partial charge in [-0.2, -0.15) is 0 Å². The first kappa shape index (κ1) is 17.6. The molecule has 0 radical (unpaired) electrons. The molecule has 1 aliphatic heterocycles. The summed E-state index contributed by atoms with van der Waals surface area (Å²) in [6.45, 7) is 3.61.